The first-order valence-electron chi connectivity index (χ1n) is 8.83. The molecule has 1 aromatic heterocycles. The van der Waals surface area contributed by atoms with Crippen LogP contribution in [0.1, 0.15) is 43.1 Å². The molecular formula is C18H25N5O2. The summed E-state index contributed by atoms with van der Waals surface area (Å²) in [5.41, 5.74) is 1.16. The summed E-state index contributed by atoms with van der Waals surface area (Å²) in [7, 11) is 0. The number of amides is 2. The summed E-state index contributed by atoms with van der Waals surface area (Å²) in [5.74, 6) is 1.84. The molecule has 1 aliphatic rings. The summed E-state index contributed by atoms with van der Waals surface area (Å²) in [6, 6.07) is 9.92. The fourth-order valence-electron chi connectivity index (χ4n) is 2.92. The lowest BCUT2D eigenvalue weighted by atomic mass is 10.1. The molecule has 7 nitrogen and oxygen atoms in total. The molecule has 2 heterocycles. The van der Waals surface area contributed by atoms with Crippen LogP contribution in [0.15, 0.2) is 30.3 Å². The lowest BCUT2D eigenvalue weighted by Gasteiger charge is -2.13. The fourth-order valence-corrected chi connectivity index (χ4v) is 2.92. The smallest absolute Gasteiger partial charge is 0.315 e. The highest BCUT2D eigenvalue weighted by Gasteiger charge is 2.17. The molecule has 2 N–H and O–H groups in total. The average Bonchev–Trinajstić information content (AvgIpc) is 3.24. The number of urea groups is 1. The van der Waals surface area contributed by atoms with Gasteiger partial charge in [0.2, 0.25) is 0 Å². The van der Waals surface area contributed by atoms with Gasteiger partial charge in [-0.2, -0.15) is 0 Å². The van der Waals surface area contributed by atoms with Gasteiger partial charge in [0, 0.05) is 26.1 Å². The number of benzene rings is 1. The van der Waals surface area contributed by atoms with Gasteiger partial charge in [0.1, 0.15) is 5.82 Å². The highest BCUT2D eigenvalue weighted by molar-refractivity contribution is 5.73. The average molecular weight is 343 g/mol. The van der Waals surface area contributed by atoms with E-state index in [1.807, 2.05) is 25.1 Å². The predicted octanol–water partition coefficient (Wildman–Crippen LogP) is 2.19. The van der Waals surface area contributed by atoms with Crippen LogP contribution in [0.4, 0.5) is 4.79 Å². The molecule has 7 heteroatoms. The molecule has 1 aliphatic heterocycles. The molecule has 0 aliphatic carbocycles. The number of ether oxygens (including phenoxy) is 1. The standard InChI is InChI=1S/C18H25N5O2/c1-14(15-7-3-2-4-8-15)25-12-6-10-19-18(24)20-13-17-22-21-16-9-5-11-23(16)17/h2-4,7-8,14H,5-6,9-13H2,1H3,(H2,19,20,24)/t14-/m0/s1. The van der Waals surface area contributed by atoms with E-state index in [0.717, 1.165) is 43.0 Å². The second kappa shape index (κ2) is 8.62. The Morgan fingerprint density at radius 3 is 2.96 bits per heavy atom. The van der Waals surface area contributed by atoms with E-state index in [2.05, 4.69) is 37.5 Å². The molecule has 0 radical (unpaired) electrons. The molecule has 2 aromatic rings. The van der Waals surface area contributed by atoms with Gasteiger partial charge >= 0.3 is 6.03 Å². The van der Waals surface area contributed by atoms with Crippen molar-refractivity contribution < 1.29 is 9.53 Å². The molecule has 25 heavy (non-hydrogen) atoms. The van der Waals surface area contributed by atoms with Crippen LogP contribution in [0.5, 0.6) is 0 Å². The van der Waals surface area contributed by atoms with Gasteiger partial charge in [-0.25, -0.2) is 4.79 Å². The van der Waals surface area contributed by atoms with Crippen molar-refractivity contribution in [3.8, 4) is 0 Å². The summed E-state index contributed by atoms with van der Waals surface area (Å²) in [6.07, 6.45) is 2.90. The number of fused-ring (bicyclic) bond motifs is 1. The molecule has 0 saturated carbocycles. The molecule has 1 aromatic carbocycles. The Morgan fingerprint density at radius 2 is 2.12 bits per heavy atom. The maximum Gasteiger partial charge on any atom is 0.315 e. The quantitative estimate of drug-likeness (QED) is 0.720. The zero-order valence-corrected chi connectivity index (χ0v) is 14.6. The first kappa shape index (κ1) is 17.4. The Hall–Kier alpha value is -2.41. The van der Waals surface area contributed by atoms with Gasteiger partial charge in [-0.3, -0.25) is 0 Å². The van der Waals surface area contributed by atoms with E-state index in [9.17, 15) is 4.79 Å². The Bertz CT molecular complexity index is 686. The van der Waals surface area contributed by atoms with Gasteiger partial charge in [0.25, 0.3) is 0 Å². The predicted molar refractivity (Wildman–Crippen MR) is 94.0 cm³/mol. The van der Waals surface area contributed by atoms with Crippen LogP contribution in [-0.4, -0.2) is 33.9 Å². The summed E-state index contributed by atoms with van der Waals surface area (Å²) in [6.45, 7) is 4.56. The van der Waals surface area contributed by atoms with Crippen molar-refractivity contribution in [2.24, 2.45) is 0 Å². The molecule has 3 rings (SSSR count). The van der Waals surface area contributed by atoms with Gasteiger partial charge in [0.05, 0.1) is 12.6 Å². The van der Waals surface area contributed by atoms with Crippen LogP contribution < -0.4 is 10.6 Å². The molecule has 1 atom stereocenters. The molecule has 2 amide bonds. The van der Waals surface area contributed by atoms with Gasteiger partial charge in [0.15, 0.2) is 5.82 Å². The van der Waals surface area contributed by atoms with Crippen molar-refractivity contribution in [1.29, 1.82) is 0 Å². The fraction of sp³-hybridized carbons (Fsp3) is 0.500. The van der Waals surface area contributed by atoms with Crippen LogP contribution in [0.3, 0.4) is 0 Å². The Balaban J connectivity index is 1.28. The SMILES string of the molecule is C[C@H](OCCCNC(=O)NCc1nnc2n1CCC2)c1ccccc1. The van der Waals surface area contributed by atoms with Crippen LogP contribution in [0.2, 0.25) is 0 Å². The van der Waals surface area contributed by atoms with Crippen molar-refractivity contribution in [2.45, 2.75) is 45.4 Å². The zero-order valence-electron chi connectivity index (χ0n) is 14.6. The van der Waals surface area contributed by atoms with Gasteiger partial charge in [-0.15, -0.1) is 10.2 Å². The largest absolute Gasteiger partial charge is 0.374 e. The number of carbonyl (C=O) groups is 1. The van der Waals surface area contributed by atoms with Crippen LogP contribution in [0.25, 0.3) is 0 Å². The van der Waals surface area contributed by atoms with E-state index in [-0.39, 0.29) is 12.1 Å². The second-order valence-electron chi connectivity index (χ2n) is 6.17. The molecular weight excluding hydrogens is 318 g/mol. The number of nitrogens with zero attached hydrogens (tertiary/aromatic N) is 3. The Kier molecular flexibility index (Phi) is 6.00. The number of rotatable bonds is 8. The molecule has 0 spiro atoms. The van der Waals surface area contributed by atoms with Crippen LogP contribution in [-0.2, 0) is 24.2 Å². The molecule has 0 fully saturated rings. The van der Waals surface area contributed by atoms with Crippen LogP contribution in [0, 0.1) is 0 Å². The molecule has 134 valence electrons. The molecule has 0 unspecified atom stereocenters. The van der Waals surface area contributed by atoms with Crippen molar-refractivity contribution in [3.63, 3.8) is 0 Å². The minimum Gasteiger partial charge on any atom is -0.374 e. The summed E-state index contributed by atoms with van der Waals surface area (Å²) in [5, 5.41) is 13.9. The third-order valence-electron chi connectivity index (χ3n) is 4.34. The Morgan fingerprint density at radius 1 is 1.28 bits per heavy atom. The maximum absolute atomic E-state index is 11.8. The summed E-state index contributed by atoms with van der Waals surface area (Å²) >= 11 is 0. The zero-order chi connectivity index (χ0) is 17.5. The monoisotopic (exact) mass is 343 g/mol. The number of aromatic nitrogens is 3. The van der Waals surface area contributed by atoms with Gasteiger partial charge in [-0.1, -0.05) is 30.3 Å². The highest BCUT2D eigenvalue weighted by atomic mass is 16.5. The van der Waals surface area contributed by atoms with E-state index < -0.39 is 0 Å². The maximum atomic E-state index is 11.8. The van der Waals surface area contributed by atoms with E-state index in [0.29, 0.717) is 19.7 Å². The van der Waals surface area contributed by atoms with Gasteiger partial charge in [-0.05, 0) is 25.3 Å². The number of carbonyl (C=O) groups excluding carboxylic acids is 1. The molecule has 0 saturated heterocycles. The van der Waals surface area contributed by atoms with E-state index in [1.165, 1.54) is 0 Å². The first-order valence-corrected chi connectivity index (χ1v) is 8.83. The third kappa shape index (κ3) is 4.79. The minimum atomic E-state index is -0.188. The first-order chi connectivity index (χ1) is 12.2. The van der Waals surface area contributed by atoms with Crippen molar-refractivity contribution >= 4 is 6.03 Å². The number of hydrogen-bond donors (Lipinski definition) is 2. The second-order valence-corrected chi connectivity index (χ2v) is 6.17. The van der Waals surface area contributed by atoms with Crippen molar-refractivity contribution in [3.05, 3.63) is 47.5 Å². The summed E-state index contributed by atoms with van der Waals surface area (Å²) in [4.78, 5) is 11.8. The minimum absolute atomic E-state index is 0.0602. The molecule has 0 bridgehead atoms. The number of aryl methyl sites for hydroxylation is 1. The normalized spacial score (nSPS) is 14.1. The van der Waals surface area contributed by atoms with E-state index >= 15 is 0 Å². The van der Waals surface area contributed by atoms with E-state index in [1.54, 1.807) is 0 Å². The van der Waals surface area contributed by atoms with Gasteiger partial charge < -0.3 is 19.9 Å². The van der Waals surface area contributed by atoms with E-state index in [4.69, 9.17) is 4.74 Å². The van der Waals surface area contributed by atoms with Crippen molar-refractivity contribution in [2.75, 3.05) is 13.2 Å². The third-order valence-corrected chi connectivity index (χ3v) is 4.34. The number of nitrogens with one attached hydrogen (secondary N) is 2. The Labute approximate surface area is 147 Å². The summed E-state index contributed by atoms with van der Waals surface area (Å²) < 4.78 is 7.87. The van der Waals surface area contributed by atoms with Crippen LogP contribution >= 0.6 is 0 Å². The number of hydrogen-bond acceptors (Lipinski definition) is 4. The topological polar surface area (TPSA) is 81.1 Å². The lowest BCUT2D eigenvalue weighted by Crippen LogP contribution is -2.36. The lowest BCUT2D eigenvalue weighted by molar-refractivity contribution is 0.0644. The van der Waals surface area contributed by atoms with Crippen molar-refractivity contribution in [1.82, 2.24) is 25.4 Å². The highest BCUT2D eigenvalue weighted by Crippen LogP contribution is 2.15.